The monoisotopic (exact) mass is 422 g/mol. The number of hydrogen-bond acceptors (Lipinski definition) is 4. The van der Waals surface area contributed by atoms with Crippen LogP contribution >= 0.6 is 0 Å². The number of aromatic nitrogens is 3. The normalized spacial score (nSPS) is 20.5. The van der Waals surface area contributed by atoms with Crippen LogP contribution in [0, 0.1) is 23.6 Å². The van der Waals surface area contributed by atoms with E-state index < -0.39 is 35.0 Å². The Hall–Kier alpha value is -3.62. The zero-order chi connectivity index (χ0) is 21.7. The predicted octanol–water partition coefficient (Wildman–Crippen LogP) is 1.87. The van der Waals surface area contributed by atoms with Crippen molar-refractivity contribution in [2.24, 2.45) is 11.7 Å². The second-order valence-electron chi connectivity index (χ2n) is 6.97. The number of anilines is 1. The average molecular weight is 422 g/mol. The van der Waals surface area contributed by atoms with Crippen LogP contribution in [0.3, 0.4) is 0 Å². The van der Waals surface area contributed by atoms with Crippen LogP contribution in [-0.2, 0) is 12.1 Å². The van der Waals surface area contributed by atoms with Crippen LogP contribution in [0.1, 0.15) is 34.6 Å². The Bertz CT molecular complexity index is 1110. The molecule has 3 amide bonds. The van der Waals surface area contributed by atoms with Crippen molar-refractivity contribution in [2.45, 2.75) is 31.1 Å². The maximum atomic E-state index is 14.8. The van der Waals surface area contributed by atoms with Gasteiger partial charge in [-0.2, -0.15) is 18.3 Å². The molecule has 30 heavy (non-hydrogen) atoms. The van der Waals surface area contributed by atoms with Gasteiger partial charge in [0.25, 0.3) is 5.91 Å². The van der Waals surface area contributed by atoms with E-state index in [2.05, 4.69) is 27.2 Å². The summed E-state index contributed by atoms with van der Waals surface area (Å²) in [6.45, 7) is -0.340. The van der Waals surface area contributed by atoms with Gasteiger partial charge in [0.2, 0.25) is 11.4 Å². The van der Waals surface area contributed by atoms with Crippen molar-refractivity contribution in [3.63, 3.8) is 0 Å². The Kier molecular flexibility index (Phi) is 4.41. The number of benzene rings is 1. The van der Waals surface area contributed by atoms with E-state index in [4.69, 9.17) is 5.73 Å². The molecule has 1 aromatic carbocycles. The van der Waals surface area contributed by atoms with Crippen molar-refractivity contribution < 1.29 is 27.2 Å². The number of carbonyl (C=O) groups is 2. The molecule has 1 atom stereocenters. The quantitative estimate of drug-likeness (QED) is 0.517. The molecule has 156 valence electrons. The molecule has 1 aromatic heterocycles. The molecule has 1 aliphatic carbocycles. The van der Waals surface area contributed by atoms with Gasteiger partial charge in [0, 0.05) is 22.7 Å². The number of rotatable bonds is 3. The molecule has 0 bridgehead atoms. The van der Waals surface area contributed by atoms with Crippen molar-refractivity contribution in [1.29, 1.82) is 0 Å². The van der Waals surface area contributed by atoms with Gasteiger partial charge in [0.1, 0.15) is 12.1 Å². The van der Waals surface area contributed by atoms with Gasteiger partial charge in [0.05, 0.1) is 6.54 Å². The van der Waals surface area contributed by atoms with Gasteiger partial charge in [-0.15, -0.1) is 0 Å². The van der Waals surface area contributed by atoms with Crippen molar-refractivity contribution in [3.05, 3.63) is 41.2 Å². The Morgan fingerprint density at radius 3 is 2.73 bits per heavy atom. The minimum Gasteiger partial charge on any atom is -0.363 e. The van der Waals surface area contributed by atoms with Gasteiger partial charge in [-0.1, -0.05) is 11.8 Å². The van der Waals surface area contributed by atoms with E-state index in [1.165, 1.54) is 0 Å². The SMILES string of the molecule is NC(=O)c1ncnn1Cc1cc2c(cc1F)[C@@](C#CC1CC1)(C(F)(F)F)NC(=O)N2. The van der Waals surface area contributed by atoms with Gasteiger partial charge in [-0.25, -0.2) is 18.9 Å². The summed E-state index contributed by atoms with van der Waals surface area (Å²) in [6.07, 6.45) is -2.62. The topological polar surface area (TPSA) is 115 Å². The highest BCUT2D eigenvalue weighted by molar-refractivity contribution is 5.95. The first-order valence-corrected chi connectivity index (χ1v) is 8.80. The number of hydrogen-bond donors (Lipinski definition) is 3. The summed E-state index contributed by atoms with van der Waals surface area (Å²) in [7, 11) is 0. The lowest BCUT2D eigenvalue weighted by atomic mass is 9.85. The molecule has 4 N–H and O–H groups in total. The van der Waals surface area contributed by atoms with E-state index in [0.717, 1.165) is 17.1 Å². The third-order valence-electron chi connectivity index (χ3n) is 4.76. The van der Waals surface area contributed by atoms with Crippen LogP contribution in [0.4, 0.5) is 28.0 Å². The molecule has 0 unspecified atom stereocenters. The zero-order valence-electron chi connectivity index (χ0n) is 15.2. The molecular formula is C18H14F4N6O2. The summed E-state index contributed by atoms with van der Waals surface area (Å²) < 4.78 is 58.0. The van der Waals surface area contributed by atoms with E-state index in [-0.39, 0.29) is 29.5 Å². The molecule has 8 nitrogen and oxygen atoms in total. The van der Waals surface area contributed by atoms with Crippen LogP contribution in [0.2, 0.25) is 0 Å². The minimum atomic E-state index is -5.00. The fourth-order valence-electron chi connectivity index (χ4n) is 3.11. The van der Waals surface area contributed by atoms with Crippen molar-refractivity contribution in [3.8, 4) is 11.8 Å². The van der Waals surface area contributed by atoms with Gasteiger partial charge in [-0.05, 0) is 25.0 Å². The van der Waals surface area contributed by atoms with Crippen molar-refractivity contribution in [1.82, 2.24) is 20.1 Å². The second kappa shape index (κ2) is 6.72. The molecule has 2 heterocycles. The molecule has 0 radical (unpaired) electrons. The smallest absolute Gasteiger partial charge is 0.363 e. The largest absolute Gasteiger partial charge is 0.427 e. The third-order valence-corrected chi connectivity index (χ3v) is 4.76. The van der Waals surface area contributed by atoms with Gasteiger partial charge < -0.3 is 16.4 Å². The highest BCUT2D eigenvalue weighted by Gasteiger charge is 2.59. The first-order valence-electron chi connectivity index (χ1n) is 8.80. The van der Waals surface area contributed by atoms with Gasteiger partial charge in [-0.3, -0.25) is 4.79 Å². The van der Waals surface area contributed by atoms with E-state index >= 15 is 0 Å². The molecule has 0 spiro atoms. The van der Waals surface area contributed by atoms with Crippen LogP contribution < -0.4 is 16.4 Å². The number of nitrogens with two attached hydrogens (primary N) is 1. The van der Waals surface area contributed by atoms with Crippen molar-refractivity contribution in [2.75, 3.05) is 5.32 Å². The first kappa shape index (κ1) is 19.7. The Balaban J connectivity index is 1.82. The Morgan fingerprint density at radius 1 is 1.37 bits per heavy atom. The molecule has 2 aromatic rings. The summed E-state index contributed by atoms with van der Waals surface area (Å²) in [6, 6.07) is 0.600. The number of carbonyl (C=O) groups excluding carboxylic acids is 2. The number of amides is 3. The molecular weight excluding hydrogens is 408 g/mol. The standard InChI is InChI=1S/C18H14F4N6O2/c19-12-6-11-13(5-10(12)7-28-15(14(23)29)24-8-25-28)26-16(30)27-17(11,18(20,21)22)4-3-9-1-2-9/h5-6,8-9H,1-2,7H2,(H2,23,29)(H2,26,27,30)/t17-/m0/s1. The second-order valence-corrected chi connectivity index (χ2v) is 6.97. The molecule has 4 rings (SSSR count). The van der Waals surface area contributed by atoms with Crippen LogP contribution in [-0.4, -0.2) is 32.9 Å². The number of urea groups is 1. The fourth-order valence-corrected chi connectivity index (χ4v) is 3.11. The lowest BCUT2D eigenvalue weighted by Crippen LogP contribution is -2.59. The van der Waals surface area contributed by atoms with E-state index in [0.29, 0.717) is 18.9 Å². The average Bonchev–Trinajstić information content (AvgIpc) is 3.36. The first-order chi connectivity index (χ1) is 14.1. The third kappa shape index (κ3) is 3.32. The van der Waals surface area contributed by atoms with E-state index in [1.54, 1.807) is 0 Å². The summed E-state index contributed by atoms with van der Waals surface area (Å²) in [5, 5.41) is 7.84. The van der Waals surface area contributed by atoms with E-state index in [9.17, 15) is 27.2 Å². The Labute approximate surface area is 166 Å². The van der Waals surface area contributed by atoms with Crippen LogP contribution in [0.25, 0.3) is 0 Å². The van der Waals surface area contributed by atoms with Gasteiger partial charge in [0.15, 0.2) is 0 Å². The molecule has 0 saturated heterocycles. The number of alkyl halides is 3. The van der Waals surface area contributed by atoms with Gasteiger partial charge >= 0.3 is 12.2 Å². The highest BCUT2D eigenvalue weighted by Crippen LogP contribution is 2.45. The zero-order valence-corrected chi connectivity index (χ0v) is 15.2. The molecule has 1 aliphatic heterocycles. The number of nitrogens with one attached hydrogen (secondary N) is 2. The summed E-state index contributed by atoms with van der Waals surface area (Å²) in [5.41, 5.74) is 1.18. The minimum absolute atomic E-state index is 0.129. The number of fused-ring (bicyclic) bond motifs is 1. The predicted molar refractivity (Wildman–Crippen MR) is 94.4 cm³/mol. The molecule has 12 heteroatoms. The summed E-state index contributed by atoms with van der Waals surface area (Å²) in [5.74, 6) is 2.32. The number of nitrogens with zero attached hydrogens (tertiary/aromatic N) is 3. The van der Waals surface area contributed by atoms with Crippen LogP contribution in [0.5, 0.6) is 0 Å². The van der Waals surface area contributed by atoms with Crippen molar-refractivity contribution >= 4 is 17.6 Å². The lowest BCUT2D eigenvalue weighted by Gasteiger charge is -2.37. The number of primary amides is 1. The summed E-state index contributed by atoms with van der Waals surface area (Å²) >= 11 is 0. The molecule has 2 aliphatic rings. The van der Waals surface area contributed by atoms with Crippen LogP contribution in [0.15, 0.2) is 18.5 Å². The molecule has 1 saturated carbocycles. The Morgan fingerprint density at radius 2 is 2.10 bits per heavy atom. The lowest BCUT2D eigenvalue weighted by molar-refractivity contribution is -0.178. The summed E-state index contributed by atoms with van der Waals surface area (Å²) in [4.78, 5) is 27.0. The molecule has 1 fully saturated rings. The van der Waals surface area contributed by atoms with E-state index in [1.807, 2.05) is 5.32 Å². The maximum absolute atomic E-state index is 14.8. The number of halogens is 4. The highest BCUT2D eigenvalue weighted by atomic mass is 19.4. The maximum Gasteiger partial charge on any atom is 0.427 e. The fraction of sp³-hybridized carbons (Fsp3) is 0.333.